The highest BCUT2D eigenvalue weighted by Crippen LogP contribution is 2.24. The summed E-state index contributed by atoms with van der Waals surface area (Å²) in [7, 11) is 0. The molecular formula is C18H16N4O3S. The summed E-state index contributed by atoms with van der Waals surface area (Å²) in [5, 5.41) is 22.7. The van der Waals surface area contributed by atoms with E-state index in [1.54, 1.807) is 0 Å². The van der Waals surface area contributed by atoms with Crippen LogP contribution in [0.3, 0.4) is 0 Å². The van der Waals surface area contributed by atoms with E-state index in [0.29, 0.717) is 11.6 Å². The third-order valence-corrected chi connectivity index (χ3v) is 4.72. The van der Waals surface area contributed by atoms with Crippen LogP contribution < -0.4 is 5.32 Å². The normalized spacial score (nSPS) is 11.7. The summed E-state index contributed by atoms with van der Waals surface area (Å²) in [5.74, 6) is -0.169. The molecule has 0 bridgehead atoms. The Bertz CT molecular complexity index is 927. The molecule has 0 spiro atoms. The zero-order chi connectivity index (χ0) is 18.5. The predicted molar refractivity (Wildman–Crippen MR) is 99.5 cm³/mol. The van der Waals surface area contributed by atoms with Gasteiger partial charge in [0.15, 0.2) is 0 Å². The third-order valence-electron chi connectivity index (χ3n) is 3.86. The van der Waals surface area contributed by atoms with Gasteiger partial charge in [-0.25, -0.2) is 0 Å². The van der Waals surface area contributed by atoms with Crippen molar-refractivity contribution in [1.82, 2.24) is 10.2 Å². The van der Waals surface area contributed by atoms with Crippen LogP contribution in [0.2, 0.25) is 0 Å². The van der Waals surface area contributed by atoms with Crippen LogP contribution in [0.15, 0.2) is 54.6 Å². The molecule has 1 N–H and O–H groups in total. The van der Waals surface area contributed by atoms with Crippen molar-refractivity contribution >= 4 is 28.1 Å². The highest BCUT2D eigenvalue weighted by molar-refractivity contribution is 7.15. The lowest BCUT2D eigenvalue weighted by Crippen LogP contribution is -2.11. The molecule has 0 aliphatic rings. The fourth-order valence-electron chi connectivity index (χ4n) is 2.48. The molecule has 132 valence electrons. The number of nitro groups is 1. The number of aromatic nitrogens is 2. The van der Waals surface area contributed by atoms with Crippen LogP contribution in [0, 0.1) is 10.1 Å². The van der Waals surface area contributed by atoms with Crippen molar-refractivity contribution in [2.45, 2.75) is 19.3 Å². The first kappa shape index (κ1) is 17.7. The molecule has 2 aromatic carbocycles. The number of carbonyl (C=O) groups excluding carboxylic acids is 1. The van der Waals surface area contributed by atoms with Gasteiger partial charge in [-0.2, -0.15) is 0 Å². The van der Waals surface area contributed by atoms with Gasteiger partial charge in [-0.1, -0.05) is 54.7 Å². The number of nitrogens with zero attached hydrogens (tertiary/aromatic N) is 3. The average molecular weight is 368 g/mol. The molecule has 7 nitrogen and oxygen atoms in total. The Labute approximate surface area is 153 Å². The van der Waals surface area contributed by atoms with E-state index in [4.69, 9.17) is 0 Å². The monoisotopic (exact) mass is 368 g/mol. The molecule has 0 radical (unpaired) electrons. The fourth-order valence-corrected chi connectivity index (χ4v) is 3.34. The minimum absolute atomic E-state index is 0.132. The van der Waals surface area contributed by atoms with Crippen molar-refractivity contribution in [3.63, 3.8) is 0 Å². The zero-order valence-corrected chi connectivity index (χ0v) is 14.8. The van der Waals surface area contributed by atoms with Crippen molar-refractivity contribution < 1.29 is 9.72 Å². The molecule has 0 aliphatic heterocycles. The van der Waals surface area contributed by atoms with Gasteiger partial charge in [-0.3, -0.25) is 20.2 Å². The Balaban J connectivity index is 1.66. The smallest absolute Gasteiger partial charge is 0.270 e. The molecule has 1 heterocycles. The maximum atomic E-state index is 12.2. The summed E-state index contributed by atoms with van der Waals surface area (Å²) in [5.41, 5.74) is 1.28. The van der Waals surface area contributed by atoms with Crippen LogP contribution in [0.25, 0.3) is 0 Å². The number of non-ortho nitro benzene ring substituents is 1. The Morgan fingerprint density at radius 1 is 1.19 bits per heavy atom. The minimum Gasteiger partial charge on any atom is -0.296 e. The zero-order valence-electron chi connectivity index (χ0n) is 14.0. The third kappa shape index (κ3) is 4.28. The standard InChI is InChI=1S/C18H16N4O3S/c1-12(13-6-3-2-4-7-13)10-16-20-21-18(26-16)19-17(23)14-8-5-9-15(11-14)22(24)25/h2-9,11-12H,10H2,1H3,(H,19,21,23)/t12-/m1/s1. The van der Waals surface area contributed by atoms with Gasteiger partial charge in [0.1, 0.15) is 5.01 Å². The number of nitro benzene ring substituents is 1. The van der Waals surface area contributed by atoms with Gasteiger partial charge >= 0.3 is 0 Å². The maximum Gasteiger partial charge on any atom is 0.270 e. The number of hydrogen-bond donors (Lipinski definition) is 1. The Morgan fingerprint density at radius 3 is 2.69 bits per heavy atom. The molecule has 3 aromatic rings. The molecule has 1 amide bonds. The number of hydrogen-bond acceptors (Lipinski definition) is 6. The number of benzene rings is 2. The van der Waals surface area contributed by atoms with Crippen LogP contribution in [0.1, 0.15) is 33.8 Å². The largest absolute Gasteiger partial charge is 0.296 e. The average Bonchev–Trinajstić information content (AvgIpc) is 3.09. The Kier molecular flexibility index (Phi) is 5.33. The molecule has 3 rings (SSSR count). The Hall–Kier alpha value is -3.13. The first-order chi connectivity index (χ1) is 12.5. The second kappa shape index (κ2) is 7.83. The van der Waals surface area contributed by atoms with E-state index in [1.165, 1.54) is 41.2 Å². The van der Waals surface area contributed by atoms with Gasteiger partial charge in [-0.15, -0.1) is 10.2 Å². The SMILES string of the molecule is C[C@H](Cc1nnc(NC(=O)c2cccc([N+](=O)[O-])c2)s1)c1ccccc1. The second-order valence-electron chi connectivity index (χ2n) is 5.78. The van der Waals surface area contributed by atoms with Crippen molar-refractivity contribution in [2.75, 3.05) is 5.32 Å². The lowest BCUT2D eigenvalue weighted by molar-refractivity contribution is -0.384. The van der Waals surface area contributed by atoms with Crippen LogP contribution in [0.5, 0.6) is 0 Å². The number of anilines is 1. The highest BCUT2D eigenvalue weighted by atomic mass is 32.1. The number of amides is 1. The van der Waals surface area contributed by atoms with Gasteiger partial charge in [0, 0.05) is 24.1 Å². The predicted octanol–water partition coefficient (Wildman–Crippen LogP) is 4.04. The molecule has 8 heteroatoms. The lowest BCUT2D eigenvalue weighted by Gasteiger charge is -2.08. The molecule has 0 fully saturated rings. The first-order valence-corrected chi connectivity index (χ1v) is 8.77. The van der Waals surface area contributed by atoms with Gasteiger partial charge in [0.2, 0.25) is 5.13 Å². The molecule has 0 unspecified atom stereocenters. The van der Waals surface area contributed by atoms with Crippen molar-refractivity contribution in [1.29, 1.82) is 0 Å². The molecular weight excluding hydrogens is 352 g/mol. The summed E-state index contributed by atoms with van der Waals surface area (Å²) in [6.07, 6.45) is 0.717. The molecule has 26 heavy (non-hydrogen) atoms. The minimum atomic E-state index is -0.537. The molecule has 0 saturated heterocycles. The second-order valence-corrected chi connectivity index (χ2v) is 6.84. The number of carbonyl (C=O) groups is 1. The summed E-state index contributed by atoms with van der Waals surface area (Å²) in [4.78, 5) is 22.5. The first-order valence-electron chi connectivity index (χ1n) is 7.96. The van der Waals surface area contributed by atoms with E-state index in [0.717, 1.165) is 5.01 Å². The van der Waals surface area contributed by atoms with Gasteiger partial charge in [0.25, 0.3) is 11.6 Å². The van der Waals surface area contributed by atoms with Crippen LogP contribution in [-0.4, -0.2) is 21.0 Å². The fraction of sp³-hybridized carbons (Fsp3) is 0.167. The van der Waals surface area contributed by atoms with Crippen molar-refractivity contribution in [3.8, 4) is 0 Å². The van der Waals surface area contributed by atoms with Gasteiger partial charge in [-0.05, 0) is 17.5 Å². The van der Waals surface area contributed by atoms with Gasteiger partial charge < -0.3 is 0 Å². The summed E-state index contributed by atoms with van der Waals surface area (Å²) < 4.78 is 0. The Morgan fingerprint density at radius 2 is 1.96 bits per heavy atom. The molecule has 0 saturated carbocycles. The van der Waals surface area contributed by atoms with E-state index in [1.807, 2.05) is 18.2 Å². The number of nitrogens with one attached hydrogen (secondary N) is 1. The molecule has 0 aliphatic carbocycles. The maximum absolute atomic E-state index is 12.2. The van der Waals surface area contributed by atoms with E-state index in [2.05, 4.69) is 34.6 Å². The van der Waals surface area contributed by atoms with Crippen molar-refractivity contribution in [2.24, 2.45) is 0 Å². The summed E-state index contributed by atoms with van der Waals surface area (Å²) >= 11 is 1.30. The van der Waals surface area contributed by atoms with Crippen molar-refractivity contribution in [3.05, 3.63) is 80.8 Å². The quantitative estimate of drug-likeness (QED) is 0.523. The summed E-state index contributed by atoms with van der Waals surface area (Å²) in [6.45, 7) is 2.11. The van der Waals surface area contributed by atoms with E-state index in [9.17, 15) is 14.9 Å². The molecule has 1 atom stereocenters. The van der Waals surface area contributed by atoms with Crippen LogP contribution in [-0.2, 0) is 6.42 Å². The lowest BCUT2D eigenvalue weighted by atomic mass is 9.98. The van der Waals surface area contributed by atoms with Crippen LogP contribution in [0.4, 0.5) is 10.8 Å². The van der Waals surface area contributed by atoms with Crippen LogP contribution >= 0.6 is 11.3 Å². The van der Waals surface area contributed by atoms with E-state index in [-0.39, 0.29) is 17.2 Å². The molecule has 1 aromatic heterocycles. The van der Waals surface area contributed by atoms with Gasteiger partial charge in [0.05, 0.1) is 4.92 Å². The topological polar surface area (TPSA) is 98.0 Å². The summed E-state index contributed by atoms with van der Waals surface area (Å²) in [6, 6.07) is 15.7. The van der Waals surface area contributed by atoms with E-state index < -0.39 is 10.8 Å². The number of rotatable bonds is 6. The highest BCUT2D eigenvalue weighted by Gasteiger charge is 2.15. The van der Waals surface area contributed by atoms with E-state index >= 15 is 0 Å².